The molecule has 9 nitrogen and oxygen atoms in total. The van der Waals surface area contributed by atoms with Gasteiger partial charge in [-0.25, -0.2) is 0 Å². The fraction of sp³-hybridized carbons (Fsp3) is 0.517. The Balaban J connectivity index is 1.25. The van der Waals surface area contributed by atoms with Crippen molar-refractivity contribution in [1.29, 1.82) is 0 Å². The summed E-state index contributed by atoms with van der Waals surface area (Å²) in [6, 6.07) is 11.9. The van der Waals surface area contributed by atoms with E-state index in [1.54, 1.807) is 13.8 Å². The van der Waals surface area contributed by atoms with Crippen LogP contribution in [0.5, 0.6) is 5.75 Å². The number of rotatable bonds is 5. The number of benzene rings is 2. The van der Waals surface area contributed by atoms with Crippen LogP contribution in [0, 0.1) is 0 Å². The number of aliphatic hydroxyl groups is 1. The summed E-state index contributed by atoms with van der Waals surface area (Å²) in [5.74, 6) is 0.738. The first kappa shape index (κ1) is 26.3. The zero-order chi connectivity index (χ0) is 26.8. The number of likely N-dealkylation sites (N-methyl/N-ethyl adjacent to an activating group) is 1. The molecule has 2 aromatic carbocycles. The van der Waals surface area contributed by atoms with E-state index >= 15 is 0 Å². The smallest absolute Gasteiger partial charge is 0.265 e. The van der Waals surface area contributed by atoms with E-state index in [9.17, 15) is 14.7 Å². The van der Waals surface area contributed by atoms with Gasteiger partial charge in [-0.15, -0.1) is 0 Å². The number of carbonyl (C=O) groups is 2. The number of aliphatic hydroxyl groups excluding tert-OH is 1. The number of fused-ring (bicyclic) bond motifs is 1. The molecular formula is C29H39N5O4. The highest BCUT2D eigenvalue weighted by Crippen LogP contribution is 2.40. The van der Waals surface area contributed by atoms with Crippen LogP contribution >= 0.6 is 0 Å². The molecule has 2 atom stereocenters. The van der Waals surface area contributed by atoms with Crippen LogP contribution in [-0.2, 0) is 16.0 Å². The van der Waals surface area contributed by atoms with Gasteiger partial charge in [-0.05, 0) is 74.3 Å². The lowest BCUT2D eigenvalue weighted by molar-refractivity contribution is -0.129. The minimum Gasteiger partial charge on any atom is -0.478 e. The molecule has 2 fully saturated rings. The summed E-state index contributed by atoms with van der Waals surface area (Å²) < 4.78 is 6.37. The lowest BCUT2D eigenvalue weighted by atomic mass is 9.96. The van der Waals surface area contributed by atoms with E-state index in [0.717, 1.165) is 92.7 Å². The average Bonchev–Trinajstić information content (AvgIpc) is 2.93. The maximum atomic E-state index is 13.2. The Morgan fingerprint density at radius 2 is 1.63 bits per heavy atom. The van der Waals surface area contributed by atoms with Gasteiger partial charge in [0.05, 0.1) is 11.8 Å². The molecule has 2 aromatic rings. The van der Waals surface area contributed by atoms with Gasteiger partial charge in [0, 0.05) is 70.7 Å². The first-order valence-electron chi connectivity index (χ1n) is 13.6. The Kier molecular flexibility index (Phi) is 7.76. The van der Waals surface area contributed by atoms with Crippen LogP contribution in [-0.4, -0.2) is 92.2 Å². The summed E-state index contributed by atoms with van der Waals surface area (Å²) in [5, 5.41) is 13.3. The van der Waals surface area contributed by atoms with Gasteiger partial charge in [-0.2, -0.15) is 0 Å². The minimum absolute atomic E-state index is 0.120. The topological polar surface area (TPSA) is 88.6 Å². The monoisotopic (exact) mass is 521 g/mol. The third-order valence-electron chi connectivity index (χ3n) is 7.95. The minimum atomic E-state index is -0.578. The zero-order valence-electron chi connectivity index (χ0n) is 22.7. The second-order valence-corrected chi connectivity index (χ2v) is 10.7. The molecule has 2 unspecified atom stereocenters. The van der Waals surface area contributed by atoms with Crippen molar-refractivity contribution >= 4 is 28.9 Å². The summed E-state index contributed by atoms with van der Waals surface area (Å²) in [4.78, 5) is 33.5. The van der Waals surface area contributed by atoms with Gasteiger partial charge >= 0.3 is 0 Å². The van der Waals surface area contributed by atoms with E-state index in [1.165, 1.54) is 0 Å². The van der Waals surface area contributed by atoms with Gasteiger partial charge in [0.1, 0.15) is 5.75 Å². The van der Waals surface area contributed by atoms with Crippen molar-refractivity contribution < 1.29 is 19.4 Å². The molecule has 0 aromatic heterocycles. The molecule has 38 heavy (non-hydrogen) atoms. The molecule has 9 heteroatoms. The first-order chi connectivity index (χ1) is 18.3. The zero-order valence-corrected chi connectivity index (χ0v) is 22.7. The van der Waals surface area contributed by atoms with Gasteiger partial charge in [0.2, 0.25) is 5.91 Å². The van der Waals surface area contributed by atoms with Crippen molar-refractivity contribution in [3.05, 3.63) is 47.5 Å². The summed E-state index contributed by atoms with van der Waals surface area (Å²) >= 11 is 0. The lowest BCUT2D eigenvalue weighted by Gasteiger charge is -2.37. The highest BCUT2D eigenvalue weighted by atomic mass is 16.5. The van der Waals surface area contributed by atoms with E-state index < -0.39 is 12.2 Å². The molecule has 2 amide bonds. The van der Waals surface area contributed by atoms with Crippen molar-refractivity contribution in [3.63, 3.8) is 0 Å². The Bertz CT molecular complexity index is 1150. The number of hydrogen-bond donors (Lipinski definition) is 2. The summed E-state index contributed by atoms with van der Waals surface area (Å²) in [6.45, 7) is 10.1. The second kappa shape index (κ2) is 11.2. The SMILES string of the molecule is CC(=O)N1CCN(c2ccc(NC(=O)C3CCc4cc(C(C)O)cc(N5CCN(C)CC5)c4O3)cc2)CC1. The van der Waals surface area contributed by atoms with Gasteiger partial charge in [-0.1, -0.05) is 0 Å². The number of ether oxygens (including phenoxy) is 1. The molecule has 204 valence electrons. The highest BCUT2D eigenvalue weighted by Gasteiger charge is 2.31. The third kappa shape index (κ3) is 5.73. The Morgan fingerprint density at radius 3 is 2.26 bits per heavy atom. The van der Waals surface area contributed by atoms with E-state index in [2.05, 4.69) is 27.1 Å². The van der Waals surface area contributed by atoms with Crippen molar-refractivity contribution in [1.82, 2.24) is 9.80 Å². The molecule has 0 radical (unpaired) electrons. The first-order valence-corrected chi connectivity index (χ1v) is 13.6. The van der Waals surface area contributed by atoms with Crippen molar-refractivity contribution in [3.8, 4) is 5.75 Å². The van der Waals surface area contributed by atoms with E-state index in [1.807, 2.05) is 41.3 Å². The van der Waals surface area contributed by atoms with Gasteiger partial charge in [0.25, 0.3) is 5.91 Å². The molecule has 2 saturated heterocycles. The summed E-state index contributed by atoms with van der Waals surface area (Å²) in [7, 11) is 2.12. The van der Waals surface area contributed by atoms with Crippen LogP contribution < -0.4 is 19.9 Å². The molecule has 0 bridgehead atoms. The predicted molar refractivity (Wildman–Crippen MR) is 149 cm³/mol. The Morgan fingerprint density at radius 1 is 0.974 bits per heavy atom. The fourth-order valence-corrected chi connectivity index (χ4v) is 5.47. The highest BCUT2D eigenvalue weighted by molar-refractivity contribution is 5.95. The number of amides is 2. The molecule has 3 aliphatic heterocycles. The molecular weight excluding hydrogens is 482 g/mol. The van der Waals surface area contributed by atoms with Crippen molar-refractivity contribution in [2.45, 2.75) is 38.9 Å². The second-order valence-electron chi connectivity index (χ2n) is 10.7. The molecule has 2 N–H and O–H groups in total. The van der Waals surface area contributed by atoms with Crippen LogP contribution in [0.2, 0.25) is 0 Å². The van der Waals surface area contributed by atoms with Crippen LogP contribution in [0.15, 0.2) is 36.4 Å². The van der Waals surface area contributed by atoms with Gasteiger partial charge in [-0.3, -0.25) is 9.59 Å². The maximum absolute atomic E-state index is 13.2. The Hall–Kier alpha value is -3.30. The number of anilines is 3. The van der Waals surface area contributed by atoms with E-state index in [-0.39, 0.29) is 11.8 Å². The third-order valence-corrected chi connectivity index (χ3v) is 7.95. The number of nitrogens with one attached hydrogen (secondary N) is 1. The van der Waals surface area contributed by atoms with Gasteiger partial charge in [0.15, 0.2) is 6.10 Å². The van der Waals surface area contributed by atoms with E-state index in [4.69, 9.17) is 4.74 Å². The number of carbonyl (C=O) groups excluding carboxylic acids is 2. The normalized spacial score (nSPS) is 20.9. The van der Waals surface area contributed by atoms with Crippen LogP contribution in [0.4, 0.5) is 17.1 Å². The standard InChI is InChI=1S/C29H39N5O4/c1-20(35)23-18-22-4-9-27(38-28(22)26(19-23)34-12-10-31(3)11-13-34)29(37)30-24-5-7-25(8-6-24)33-16-14-32(15-17-33)21(2)36/h5-8,18-20,27,35H,4,9-17H2,1-3H3,(H,30,37). The average molecular weight is 522 g/mol. The largest absolute Gasteiger partial charge is 0.478 e. The van der Waals surface area contributed by atoms with Crippen LogP contribution in [0.1, 0.15) is 37.5 Å². The quantitative estimate of drug-likeness (QED) is 0.625. The number of piperazine rings is 2. The van der Waals surface area contributed by atoms with E-state index in [0.29, 0.717) is 6.42 Å². The fourth-order valence-electron chi connectivity index (χ4n) is 5.47. The Labute approximate surface area is 224 Å². The predicted octanol–water partition coefficient (Wildman–Crippen LogP) is 2.49. The van der Waals surface area contributed by atoms with Gasteiger partial charge < -0.3 is 34.8 Å². The number of hydrogen-bond acceptors (Lipinski definition) is 7. The lowest BCUT2D eigenvalue weighted by Crippen LogP contribution is -2.48. The molecule has 3 aliphatic rings. The molecule has 3 heterocycles. The van der Waals surface area contributed by atoms with Crippen LogP contribution in [0.25, 0.3) is 0 Å². The summed E-state index contributed by atoms with van der Waals surface area (Å²) in [5.41, 5.74) is 4.72. The van der Waals surface area contributed by atoms with Crippen molar-refractivity contribution in [2.24, 2.45) is 0 Å². The van der Waals surface area contributed by atoms with Crippen LogP contribution in [0.3, 0.4) is 0 Å². The molecule has 0 saturated carbocycles. The van der Waals surface area contributed by atoms with Crippen molar-refractivity contribution in [2.75, 3.05) is 74.5 Å². The molecule has 0 spiro atoms. The summed E-state index contributed by atoms with van der Waals surface area (Å²) in [6.07, 6.45) is 0.168. The number of aryl methyl sites for hydroxylation is 1. The number of nitrogens with zero attached hydrogens (tertiary/aromatic N) is 4. The molecule has 0 aliphatic carbocycles. The maximum Gasteiger partial charge on any atom is 0.265 e. The molecule has 5 rings (SSSR count).